The van der Waals surface area contributed by atoms with Gasteiger partial charge in [-0.2, -0.15) is 0 Å². The van der Waals surface area contributed by atoms with E-state index in [0.29, 0.717) is 0 Å². The fourth-order valence-electron chi connectivity index (χ4n) is 5.25. The summed E-state index contributed by atoms with van der Waals surface area (Å²) in [5.41, 5.74) is 6.55. The van der Waals surface area contributed by atoms with Crippen molar-refractivity contribution >= 4 is 33.9 Å². The number of hydrogen-bond donors (Lipinski definition) is 0. The molecule has 2 aromatic heterocycles. The Labute approximate surface area is 194 Å². The van der Waals surface area contributed by atoms with Gasteiger partial charge in [0.2, 0.25) is 5.91 Å². The van der Waals surface area contributed by atoms with E-state index in [2.05, 4.69) is 41.8 Å². The summed E-state index contributed by atoms with van der Waals surface area (Å²) < 4.78 is 5.82. The lowest BCUT2D eigenvalue weighted by Crippen LogP contribution is -2.46. The number of thiophene rings is 1. The Morgan fingerprint density at radius 3 is 2.72 bits per heavy atom. The van der Waals surface area contributed by atoms with Gasteiger partial charge in [-0.15, -0.1) is 11.3 Å². The lowest BCUT2D eigenvalue weighted by Gasteiger charge is -2.35. The first-order chi connectivity index (χ1) is 15.5. The zero-order valence-electron chi connectivity index (χ0n) is 19.4. The number of amides is 1. The standard InChI is InChI=1S/C26H33N3O2S/c1-4-20-21-7-10-29(19(3)30)16-26(21)32-25(20)8-9-27-11-13-28(14-12-27)23-17-31-24-15-18(2)5-6-22(23)24/h5-6,15,17H,4,7-14,16H2,1-3H3. The summed E-state index contributed by atoms with van der Waals surface area (Å²) in [5.74, 6) is 0.196. The van der Waals surface area contributed by atoms with Crippen LogP contribution >= 0.6 is 11.3 Å². The zero-order chi connectivity index (χ0) is 22.2. The third kappa shape index (κ3) is 4.06. The fraction of sp³-hybridized carbons (Fsp3) is 0.500. The Balaban J connectivity index is 1.20. The second kappa shape index (κ2) is 8.91. The number of carbonyl (C=O) groups excluding carboxylic acids is 1. The molecular formula is C26H33N3O2S. The van der Waals surface area contributed by atoms with Gasteiger partial charge in [-0.1, -0.05) is 13.0 Å². The lowest BCUT2D eigenvalue weighted by molar-refractivity contribution is -0.129. The van der Waals surface area contributed by atoms with Gasteiger partial charge in [-0.05, 0) is 55.0 Å². The number of hydrogen-bond acceptors (Lipinski definition) is 5. The number of benzene rings is 1. The average Bonchev–Trinajstić information content (AvgIpc) is 3.37. The second-order valence-electron chi connectivity index (χ2n) is 9.15. The first-order valence-corrected chi connectivity index (χ1v) is 12.7. The van der Waals surface area contributed by atoms with E-state index in [1.54, 1.807) is 17.4 Å². The minimum absolute atomic E-state index is 0.196. The molecular weight excluding hydrogens is 418 g/mol. The Kier molecular flexibility index (Phi) is 5.99. The minimum Gasteiger partial charge on any atom is -0.462 e. The van der Waals surface area contributed by atoms with Crippen LogP contribution in [-0.2, 0) is 30.6 Å². The molecule has 0 aliphatic carbocycles. The van der Waals surface area contributed by atoms with Crippen LogP contribution in [0.1, 0.15) is 40.3 Å². The smallest absolute Gasteiger partial charge is 0.219 e. The topological polar surface area (TPSA) is 39.9 Å². The number of rotatable bonds is 5. The van der Waals surface area contributed by atoms with E-state index >= 15 is 0 Å². The largest absolute Gasteiger partial charge is 0.462 e. The van der Waals surface area contributed by atoms with E-state index in [9.17, 15) is 4.79 Å². The summed E-state index contributed by atoms with van der Waals surface area (Å²) in [4.78, 5) is 21.8. The van der Waals surface area contributed by atoms with Gasteiger partial charge in [0, 0.05) is 61.3 Å². The van der Waals surface area contributed by atoms with Crippen molar-refractivity contribution in [2.24, 2.45) is 0 Å². The Morgan fingerprint density at radius 1 is 1.16 bits per heavy atom. The average molecular weight is 452 g/mol. The van der Waals surface area contributed by atoms with Crippen LogP contribution < -0.4 is 4.90 Å². The maximum Gasteiger partial charge on any atom is 0.219 e. The molecule has 5 nitrogen and oxygen atoms in total. The molecule has 1 fully saturated rings. The molecule has 4 heterocycles. The molecule has 0 saturated carbocycles. The highest BCUT2D eigenvalue weighted by atomic mass is 32.1. The van der Waals surface area contributed by atoms with Gasteiger partial charge in [0.15, 0.2) is 0 Å². The van der Waals surface area contributed by atoms with Crippen molar-refractivity contribution in [3.8, 4) is 0 Å². The van der Waals surface area contributed by atoms with Gasteiger partial charge >= 0.3 is 0 Å². The van der Waals surface area contributed by atoms with Crippen molar-refractivity contribution in [1.29, 1.82) is 0 Å². The highest BCUT2D eigenvalue weighted by Gasteiger charge is 2.25. The van der Waals surface area contributed by atoms with Gasteiger partial charge < -0.3 is 14.2 Å². The Hall–Kier alpha value is -2.31. The molecule has 2 aliphatic rings. The molecule has 2 aliphatic heterocycles. The minimum atomic E-state index is 0.196. The first kappa shape index (κ1) is 21.5. The van der Waals surface area contributed by atoms with Crippen LogP contribution in [0, 0.1) is 6.92 Å². The highest BCUT2D eigenvalue weighted by Crippen LogP contribution is 2.34. The van der Waals surface area contributed by atoms with Gasteiger partial charge in [0.25, 0.3) is 0 Å². The molecule has 1 amide bonds. The van der Waals surface area contributed by atoms with Crippen molar-refractivity contribution in [3.05, 3.63) is 50.9 Å². The summed E-state index contributed by atoms with van der Waals surface area (Å²) in [6, 6.07) is 6.48. The van der Waals surface area contributed by atoms with E-state index in [1.165, 1.54) is 27.1 Å². The van der Waals surface area contributed by atoms with Crippen molar-refractivity contribution in [2.75, 3.05) is 44.2 Å². The van der Waals surface area contributed by atoms with Crippen LogP contribution in [0.15, 0.2) is 28.9 Å². The van der Waals surface area contributed by atoms with Crippen molar-refractivity contribution in [2.45, 2.75) is 46.6 Å². The van der Waals surface area contributed by atoms with E-state index < -0.39 is 0 Å². The first-order valence-electron chi connectivity index (χ1n) is 11.9. The summed E-state index contributed by atoms with van der Waals surface area (Å²) in [6.07, 6.45) is 5.16. The van der Waals surface area contributed by atoms with E-state index in [4.69, 9.17) is 4.42 Å². The SMILES string of the molecule is CCc1c(CCN2CCN(c3coc4cc(C)ccc34)CC2)sc2c1CCN(C(C)=O)C2. The summed E-state index contributed by atoms with van der Waals surface area (Å²) in [5, 5.41) is 1.22. The molecule has 0 bridgehead atoms. The zero-order valence-corrected chi connectivity index (χ0v) is 20.3. The third-order valence-electron chi connectivity index (χ3n) is 7.13. The maximum atomic E-state index is 11.8. The van der Waals surface area contributed by atoms with Gasteiger partial charge in [0.05, 0.1) is 12.2 Å². The molecule has 6 heteroatoms. The lowest BCUT2D eigenvalue weighted by atomic mass is 9.99. The molecule has 170 valence electrons. The number of furan rings is 1. The monoisotopic (exact) mass is 451 g/mol. The Morgan fingerprint density at radius 2 is 1.97 bits per heavy atom. The van der Waals surface area contributed by atoms with Crippen LogP contribution in [0.4, 0.5) is 5.69 Å². The maximum absolute atomic E-state index is 11.8. The van der Waals surface area contributed by atoms with Gasteiger partial charge in [-0.25, -0.2) is 0 Å². The number of anilines is 1. The second-order valence-corrected chi connectivity index (χ2v) is 10.3. The molecule has 0 spiro atoms. The number of nitrogens with zero attached hydrogens (tertiary/aromatic N) is 3. The molecule has 0 N–H and O–H groups in total. The summed E-state index contributed by atoms with van der Waals surface area (Å²) in [6.45, 7) is 13.1. The quantitative estimate of drug-likeness (QED) is 0.567. The van der Waals surface area contributed by atoms with Crippen molar-refractivity contribution < 1.29 is 9.21 Å². The molecule has 1 aromatic carbocycles. The summed E-state index contributed by atoms with van der Waals surface area (Å²) >= 11 is 1.95. The third-order valence-corrected chi connectivity index (χ3v) is 8.45. The normalized spacial score (nSPS) is 17.2. The molecule has 0 atom stereocenters. The fourth-order valence-corrected chi connectivity index (χ4v) is 6.70. The van der Waals surface area contributed by atoms with Gasteiger partial charge in [-0.3, -0.25) is 9.69 Å². The van der Waals surface area contributed by atoms with E-state index in [1.807, 2.05) is 22.5 Å². The molecule has 3 aromatic rings. The highest BCUT2D eigenvalue weighted by molar-refractivity contribution is 7.12. The number of carbonyl (C=O) groups is 1. The predicted octanol–water partition coefficient (Wildman–Crippen LogP) is 4.63. The predicted molar refractivity (Wildman–Crippen MR) is 132 cm³/mol. The molecule has 32 heavy (non-hydrogen) atoms. The van der Waals surface area contributed by atoms with Crippen molar-refractivity contribution in [1.82, 2.24) is 9.80 Å². The van der Waals surface area contributed by atoms with Crippen LogP contribution in [0.3, 0.4) is 0 Å². The van der Waals surface area contributed by atoms with E-state index in [-0.39, 0.29) is 5.91 Å². The van der Waals surface area contributed by atoms with Crippen LogP contribution in [0.5, 0.6) is 0 Å². The molecule has 1 saturated heterocycles. The van der Waals surface area contributed by atoms with Crippen LogP contribution in [0.2, 0.25) is 0 Å². The van der Waals surface area contributed by atoms with E-state index in [0.717, 1.165) is 70.7 Å². The molecule has 5 rings (SSSR count). The van der Waals surface area contributed by atoms with Crippen LogP contribution in [0.25, 0.3) is 11.0 Å². The van der Waals surface area contributed by atoms with Crippen molar-refractivity contribution in [3.63, 3.8) is 0 Å². The summed E-state index contributed by atoms with van der Waals surface area (Å²) in [7, 11) is 0. The van der Waals surface area contributed by atoms with Crippen LogP contribution in [-0.4, -0.2) is 55.0 Å². The molecule has 0 radical (unpaired) electrons. The Bertz CT molecular complexity index is 1120. The van der Waals surface area contributed by atoms with Gasteiger partial charge in [0.1, 0.15) is 11.8 Å². The number of aryl methyl sites for hydroxylation is 1. The number of fused-ring (bicyclic) bond motifs is 2. The number of piperazine rings is 1. The molecule has 0 unspecified atom stereocenters.